The van der Waals surface area contributed by atoms with Gasteiger partial charge in [-0.2, -0.15) is 0 Å². The number of hydrogen-bond acceptors (Lipinski definition) is 3. The molecular weight excluding hydrogens is 224 g/mol. The molecule has 1 N–H and O–H groups in total. The van der Waals surface area contributed by atoms with Gasteiger partial charge < -0.3 is 9.88 Å². The van der Waals surface area contributed by atoms with Gasteiger partial charge in [-0.15, -0.1) is 12.4 Å². The number of imidazole rings is 1. The lowest BCUT2D eigenvalue weighted by molar-refractivity contribution is 0.128. The quantitative estimate of drug-likeness (QED) is 0.844. The molecule has 92 valence electrons. The number of halogens is 1. The monoisotopic (exact) mass is 244 g/mol. The molecule has 1 saturated heterocycles. The van der Waals surface area contributed by atoms with Crippen molar-refractivity contribution in [3.05, 3.63) is 18.2 Å². The zero-order chi connectivity index (χ0) is 10.8. The van der Waals surface area contributed by atoms with E-state index >= 15 is 0 Å². The van der Waals surface area contributed by atoms with Crippen molar-refractivity contribution in [2.75, 3.05) is 13.1 Å². The SMILES string of the molecule is CC1NCCN(Cc2cncn2C)C1C.Cl. The molecule has 1 aromatic heterocycles. The van der Waals surface area contributed by atoms with Crippen LogP contribution in [0.5, 0.6) is 0 Å². The molecule has 16 heavy (non-hydrogen) atoms. The highest BCUT2D eigenvalue weighted by Gasteiger charge is 2.24. The summed E-state index contributed by atoms with van der Waals surface area (Å²) < 4.78 is 2.10. The first kappa shape index (κ1) is 13.5. The summed E-state index contributed by atoms with van der Waals surface area (Å²) in [5.74, 6) is 0. The summed E-state index contributed by atoms with van der Waals surface area (Å²) in [5.41, 5.74) is 1.29. The number of rotatable bonds is 2. The number of nitrogens with one attached hydrogen (secondary N) is 1. The first-order chi connectivity index (χ1) is 7.18. The Morgan fingerprint density at radius 1 is 1.50 bits per heavy atom. The summed E-state index contributed by atoms with van der Waals surface area (Å²) in [5, 5.41) is 3.49. The number of hydrogen-bond donors (Lipinski definition) is 1. The van der Waals surface area contributed by atoms with E-state index in [-0.39, 0.29) is 12.4 Å². The molecule has 2 rings (SSSR count). The van der Waals surface area contributed by atoms with E-state index in [9.17, 15) is 0 Å². The number of piperazine rings is 1. The van der Waals surface area contributed by atoms with Crippen LogP contribution in [0.2, 0.25) is 0 Å². The van der Waals surface area contributed by atoms with Crippen LogP contribution in [-0.4, -0.2) is 39.6 Å². The molecule has 0 saturated carbocycles. The van der Waals surface area contributed by atoms with E-state index in [1.807, 2.05) is 12.5 Å². The minimum Gasteiger partial charge on any atom is -0.337 e. The zero-order valence-electron chi connectivity index (χ0n) is 10.2. The van der Waals surface area contributed by atoms with Gasteiger partial charge in [-0.25, -0.2) is 4.98 Å². The van der Waals surface area contributed by atoms with Crippen LogP contribution in [0.25, 0.3) is 0 Å². The molecule has 4 nitrogen and oxygen atoms in total. The second-order valence-corrected chi connectivity index (χ2v) is 4.45. The van der Waals surface area contributed by atoms with Gasteiger partial charge in [-0.3, -0.25) is 4.90 Å². The predicted octanol–water partition coefficient (Wildman–Crippen LogP) is 1.02. The molecule has 2 heterocycles. The first-order valence-electron chi connectivity index (χ1n) is 5.61. The predicted molar refractivity (Wildman–Crippen MR) is 67.8 cm³/mol. The third kappa shape index (κ3) is 2.75. The number of aryl methyl sites for hydroxylation is 1. The summed E-state index contributed by atoms with van der Waals surface area (Å²) in [6, 6.07) is 1.17. The Kier molecular flexibility index (Phi) is 4.77. The largest absolute Gasteiger partial charge is 0.337 e. The summed E-state index contributed by atoms with van der Waals surface area (Å²) in [6.07, 6.45) is 3.82. The maximum Gasteiger partial charge on any atom is 0.0945 e. The third-order valence-corrected chi connectivity index (χ3v) is 3.45. The molecule has 0 aromatic carbocycles. The van der Waals surface area contributed by atoms with Gasteiger partial charge in [0.25, 0.3) is 0 Å². The molecule has 2 atom stereocenters. The molecule has 1 aromatic rings. The fourth-order valence-electron chi connectivity index (χ4n) is 2.09. The van der Waals surface area contributed by atoms with Crippen LogP contribution in [0.3, 0.4) is 0 Å². The molecule has 1 aliphatic rings. The molecule has 0 bridgehead atoms. The number of nitrogens with zero attached hydrogens (tertiary/aromatic N) is 3. The Bertz CT molecular complexity index is 326. The molecule has 0 amide bonds. The van der Waals surface area contributed by atoms with Gasteiger partial charge >= 0.3 is 0 Å². The van der Waals surface area contributed by atoms with Crippen LogP contribution in [-0.2, 0) is 13.6 Å². The normalized spacial score (nSPS) is 26.4. The van der Waals surface area contributed by atoms with Gasteiger partial charge in [-0.05, 0) is 13.8 Å². The van der Waals surface area contributed by atoms with Crippen molar-refractivity contribution in [1.29, 1.82) is 0 Å². The average Bonchev–Trinajstić information content (AvgIpc) is 2.60. The Morgan fingerprint density at radius 3 is 2.88 bits per heavy atom. The summed E-state index contributed by atoms with van der Waals surface area (Å²) in [7, 11) is 2.05. The lowest BCUT2D eigenvalue weighted by atomic mass is 10.1. The standard InChI is InChI=1S/C11H20N4.ClH/c1-9-10(2)15(5-4-13-9)7-11-6-12-8-14(11)3;/h6,8-10,13H,4-5,7H2,1-3H3;1H. The lowest BCUT2D eigenvalue weighted by Crippen LogP contribution is -2.54. The van der Waals surface area contributed by atoms with Crippen LogP contribution >= 0.6 is 12.4 Å². The molecule has 0 aliphatic carbocycles. The van der Waals surface area contributed by atoms with E-state index in [2.05, 4.69) is 40.7 Å². The Balaban J connectivity index is 0.00000128. The smallest absolute Gasteiger partial charge is 0.0945 e. The average molecular weight is 245 g/mol. The van der Waals surface area contributed by atoms with Gasteiger partial charge in [0, 0.05) is 45.0 Å². The third-order valence-electron chi connectivity index (χ3n) is 3.45. The fraction of sp³-hybridized carbons (Fsp3) is 0.727. The van der Waals surface area contributed by atoms with Crippen LogP contribution in [0.4, 0.5) is 0 Å². The van der Waals surface area contributed by atoms with Gasteiger partial charge in [0.15, 0.2) is 0 Å². The van der Waals surface area contributed by atoms with Crippen LogP contribution in [0.15, 0.2) is 12.5 Å². The highest BCUT2D eigenvalue weighted by Crippen LogP contribution is 2.12. The highest BCUT2D eigenvalue weighted by atomic mass is 35.5. The summed E-state index contributed by atoms with van der Waals surface area (Å²) >= 11 is 0. The summed E-state index contributed by atoms with van der Waals surface area (Å²) in [6.45, 7) is 7.75. The van der Waals surface area contributed by atoms with E-state index in [1.165, 1.54) is 5.69 Å². The van der Waals surface area contributed by atoms with E-state index < -0.39 is 0 Å². The maximum absolute atomic E-state index is 4.15. The Hall–Kier alpha value is -0.580. The highest BCUT2D eigenvalue weighted by molar-refractivity contribution is 5.85. The second kappa shape index (κ2) is 5.66. The molecule has 5 heteroatoms. The van der Waals surface area contributed by atoms with Gasteiger partial charge in [-0.1, -0.05) is 0 Å². The van der Waals surface area contributed by atoms with E-state index in [1.54, 1.807) is 0 Å². The van der Waals surface area contributed by atoms with Crippen LogP contribution in [0.1, 0.15) is 19.5 Å². The molecule has 1 fully saturated rings. The van der Waals surface area contributed by atoms with Crippen molar-refractivity contribution in [2.24, 2.45) is 7.05 Å². The molecule has 0 radical (unpaired) electrons. The number of aromatic nitrogens is 2. The maximum atomic E-state index is 4.15. The van der Waals surface area contributed by atoms with Gasteiger partial charge in [0.05, 0.1) is 12.0 Å². The molecule has 2 unspecified atom stereocenters. The molecule has 1 aliphatic heterocycles. The van der Waals surface area contributed by atoms with Crippen molar-refractivity contribution >= 4 is 12.4 Å². The van der Waals surface area contributed by atoms with Gasteiger partial charge in [0.2, 0.25) is 0 Å². The van der Waals surface area contributed by atoms with Crippen molar-refractivity contribution in [2.45, 2.75) is 32.5 Å². The molecule has 0 spiro atoms. The van der Waals surface area contributed by atoms with Crippen molar-refractivity contribution in [1.82, 2.24) is 19.8 Å². The minimum atomic E-state index is 0. The Labute approximate surface area is 103 Å². The van der Waals surface area contributed by atoms with Gasteiger partial charge in [0.1, 0.15) is 0 Å². The zero-order valence-corrected chi connectivity index (χ0v) is 11.0. The lowest BCUT2D eigenvalue weighted by Gasteiger charge is -2.38. The van der Waals surface area contributed by atoms with Crippen LogP contribution < -0.4 is 5.32 Å². The first-order valence-corrected chi connectivity index (χ1v) is 5.61. The topological polar surface area (TPSA) is 33.1 Å². The minimum absolute atomic E-state index is 0. The van der Waals surface area contributed by atoms with Crippen molar-refractivity contribution in [3.8, 4) is 0 Å². The fourth-order valence-corrected chi connectivity index (χ4v) is 2.09. The second-order valence-electron chi connectivity index (χ2n) is 4.45. The van der Waals surface area contributed by atoms with E-state index in [4.69, 9.17) is 0 Å². The summed E-state index contributed by atoms with van der Waals surface area (Å²) in [4.78, 5) is 6.66. The van der Waals surface area contributed by atoms with E-state index in [0.29, 0.717) is 12.1 Å². The van der Waals surface area contributed by atoms with Crippen molar-refractivity contribution < 1.29 is 0 Å². The van der Waals surface area contributed by atoms with E-state index in [0.717, 1.165) is 19.6 Å². The Morgan fingerprint density at radius 2 is 2.25 bits per heavy atom. The molecular formula is C11H21ClN4. The van der Waals surface area contributed by atoms with Crippen LogP contribution in [0, 0.1) is 0 Å². The van der Waals surface area contributed by atoms with Crippen molar-refractivity contribution in [3.63, 3.8) is 0 Å².